The number of hydrogen-bond acceptors (Lipinski definition) is 2. The molecular formula is C101H70N8. The lowest BCUT2D eigenvalue weighted by atomic mass is 10.1. The Labute approximate surface area is 629 Å². The predicted octanol–water partition coefficient (Wildman–Crippen LogP) is 26.9. The zero-order valence-electron chi connectivity index (χ0n) is 59.8. The van der Waals surface area contributed by atoms with Crippen LogP contribution in [0.4, 0.5) is 34.1 Å². The molecule has 0 aliphatic heterocycles. The summed E-state index contributed by atoms with van der Waals surface area (Å²) in [7, 11) is 0. The van der Waals surface area contributed by atoms with E-state index in [9.17, 15) is 0 Å². The molecule has 22 aromatic rings. The first kappa shape index (κ1) is 62.9. The van der Waals surface area contributed by atoms with Gasteiger partial charge in [0.2, 0.25) is 0 Å². The molecule has 0 saturated carbocycles. The van der Waals surface area contributed by atoms with Crippen LogP contribution in [0.1, 0.15) is 5.56 Å². The summed E-state index contributed by atoms with van der Waals surface area (Å²) in [6.07, 6.45) is 4.35. The molecule has 0 bridgehead atoms. The maximum Gasteiger partial charge on any atom is 0.0548 e. The van der Waals surface area contributed by atoms with Gasteiger partial charge in [0, 0.05) is 135 Å². The monoisotopic (exact) mass is 1390 g/mol. The van der Waals surface area contributed by atoms with Gasteiger partial charge in [0.1, 0.15) is 0 Å². The van der Waals surface area contributed by atoms with Gasteiger partial charge in [-0.05, 0) is 219 Å². The second-order valence-electron chi connectivity index (χ2n) is 28.3. The molecular weight excluding hydrogens is 1330 g/mol. The second-order valence-corrected chi connectivity index (χ2v) is 28.3. The van der Waals surface area contributed by atoms with Crippen LogP contribution in [0.15, 0.2) is 407 Å². The zero-order chi connectivity index (χ0) is 72.0. The van der Waals surface area contributed by atoms with Crippen LogP contribution in [0.5, 0.6) is 0 Å². The summed E-state index contributed by atoms with van der Waals surface area (Å²) in [5, 5.41) is 12.3. The van der Waals surface area contributed by atoms with Crippen molar-refractivity contribution in [1.29, 1.82) is 0 Å². The quantitative estimate of drug-likeness (QED) is 0.122. The van der Waals surface area contributed by atoms with Gasteiger partial charge < -0.3 is 37.2 Å². The van der Waals surface area contributed by atoms with Crippen molar-refractivity contribution < 1.29 is 0 Å². The zero-order valence-corrected chi connectivity index (χ0v) is 59.8. The standard InChI is InChI=1S/C51H36N4.C50H34N4/c1-35-20-22-40(23-21-35)54-47-18-10-8-16-43(47)45-33-42(28-29-49(45)54)53(38-14-6-3-7-15-38)39-24-26-41(27-25-39)55-48-19-11-9-17-44(48)46-34-50-36(32-51(46)55)30-31-52(50)37-12-4-2-5-13-37;1-4-15-36(16-5-1)51-30-29-35-31-50-45(34-49(35)51)43-24-11-13-26-47(43)54(50)40-22-14-21-39(32-40)52(37-17-6-2-7-18-37)41-27-28-48-44(33-41)42-23-10-12-25-46(42)53(48)38-19-8-3-9-20-38/h2-34H,1H3;1-34H. The topological polar surface area (TPSA) is 36.1 Å². The third-order valence-electron chi connectivity index (χ3n) is 21.9. The van der Waals surface area contributed by atoms with Crippen LogP contribution in [-0.4, -0.2) is 27.4 Å². The number of aromatic nitrogens is 6. The van der Waals surface area contributed by atoms with Gasteiger partial charge in [-0.25, -0.2) is 0 Å². The van der Waals surface area contributed by atoms with E-state index in [0.29, 0.717) is 0 Å². The highest BCUT2D eigenvalue weighted by Gasteiger charge is 2.23. The summed E-state index contributed by atoms with van der Waals surface area (Å²) in [5.41, 5.74) is 26.7. The largest absolute Gasteiger partial charge is 0.317 e. The van der Waals surface area contributed by atoms with Crippen LogP contribution < -0.4 is 9.80 Å². The minimum atomic E-state index is 1.09. The molecule has 109 heavy (non-hydrogen) atoms. The van der Waals surface area contributed by atoms with E-state index in [-0.39, 0.29) is 0 Å². The van der Waals surface area contributed by atoms with Gasteiger partial charge in [-0.15, -0.1) is 0 Å². The molecule has 514 valence electrons. The van der Waals surface area contributed by atoms with E-state index in [1.807, 2.05) is 0 Å². The van der Waals surface area contributed by atoms with Crippen molar-refractivity contribution >= 4 is 143 Å². The lowest BCUT2D eigenvalue weighted by molar-refractivity contribution is 1.13. The van der Waals surface area contributed by atoms with E-state index >= 15 is 0 Å². The van der Waals surface area contributed by atoms with Crippen molar-refractivity contribution in [2.24, 2.45) is 0 Å². The van der Waals surface area contributed by atoms with Gasteiger partial charge >= 0.3 is 0 Å². The molecule has 0 spiro atoms. The lowest BCUT2D eigenvalue weighted by Crippen LogP contribution is -2.10. The van der Waals surface area contributed by atoms with Gasteiger partial charge in [-0.1, -0.05) is 188 Å². The Balaban J connectivity index is 0.000000139. The molecule has 0 aliphatic carbocycles. The summed E-state index contributed by atoms with van der Waals surface area (Å²) in [4.78, 5) is 4.74. The number of rotatable bonds is 12. The summed E-state index contributed by atoms with van der Waals surface area (Å²) in [5.74, 6) is 0. The molecule has 16 aromatic carbocycles. The number of benzene rings is 16. The van der Waals surface area contributed by atoms with Gasteiger partial charge in [0.15, 0.2) is 0 Å². The van der Waals surface area contributed by atoms with Gasteiger partial charge in [-0.2, -0.15) is 0 Å². The number of anilines is 6. The fourth-order valence-electron chi connectivity index (χ4n) is 17.0. The van der Waals surface area contributed by atoms with E-state index in [4.69, 9.17) is 0 Å². The molecule has 0 aliphatic rings. The second kappa shape index (κ2) is 25.9. The number of aryl methyl sites for hydroxylation is 1. The minimum absolute atomic E-state index is 1.09. The van der Waals surface area contributed by atoms with Crippen molar-refractivity contribution in [1.82, 2.24) is 27.4 Å². The first-order chi connectivity index (χ1) is 54.0. The van der Waals surface area contributed by atoms with Crippen molar-refractivity contribution in [2.75, 3.05) is 9.80 Å². The van der Waals surface area contributed by atoms with Gasteiger partial charge in [-0.3, -0.25) is 0 Å². The van der Waals surface area contributed by atoms with E-state index in [1.54, 1.807) is 0 Å². The Morgan fingerprint density at radius 1 is 0.174 bits per heavy atom. The normalized spacial score (nSPS) is 11.7. The van der Waals surface area contributed by atoms with Crippen LogP contribution in [0.3, 0.4) is 0 Å². The Morgan fingerprint density at radius 2 is 0.468 bits per heavy atom. The Morgan fingerprint density at radius 3 is 0.908 bits per heavy atom. The summed E-state index contributed by atoms with van der Waals surface area (Å²) in [6, 6.07) is 143. The molecule has 0 saturated heterocycles. The number of hydrogen-bond donors (Lipinski definition) is 0. The van der Waals surface area contributed by atoms with E-state index < -0.39 is 0 Å². The molecule has 8 heteroatoms. The van der Waals surface area contributed by atoms with Gasteiger partial charge in [0.05, 0.1) is 55.2 Å². The number of para-hydroxylation sites is 9. The first-order valence-corrected chi connectivity index (χ1v) is 37.3. The van der Waals surface area contributed by atoms with Crippen LogP contribution in [0.2, 0.25) is 0 Å². The highest BCUT2D eigenvalue weighted by atomic mass is 15.2. The minimum Gasteiger partial charge on any atom is -0.317 e. The molecule has 22 rings (SSSR count). The number of fused-ring (bicyclic) bond motifs is 14. The fraction of sp³-hybridized carbons (Fsp3) is 0.00990. The molecule has 0 radical (unpaired) electrons. The molecule has 0 unspecified atom stereocenters. The Bertz CT molecular complexity index is 7200. The Kier molecular flexibility index (Phi) is 15.0. The van der Waals surface area contributed by atoms with Crippen LogP contribution in [-0.2, 0) is 0 Å². The maximum atomic E-state index is 2.42. The van der Waals surface area contributed by atoms with Gasteiger partial charge in [0.25, 0.3) is 0 Å². The lowest BCUT2D eigenvalue weighted by Gasteiger charge is -2.26. The average Bonchev–Trinajstić information content (AvgIpc) is 1.58. The molecule has 6 heterocycles. The van der Waals surface area contributed by atoms with Crippen LogP contribution in [0, 0.1) is 6.92 Å². The Hall–Kier alpha value is -14.6. The SMILES string of the molecule is Cc1ccc(-n2c3ccccc3c3cc(N(c4ccccc4)c4ccc(-n5c6ccccc6c6cc7c(ccn7-c7ccccc7)cc65)cc4)ccc32)cc1.c1ccc(N(c2cccc(-n3c4ccccc4c4cc5c(ccn5-c5ccccc5)cc43)c2)c2ccc3c(c2)c2ccccc2n3-c2ccccc2)cc1. The molecule has 0 fully saturated rings. The fourth-order valence-corrected chi connectivity index (χ4v) is 17.0. The number of nitrogens with zero attached hydrogens (tertiary/aromatic N) is 8. The third kappa shape index (κ3) is 10.6. The molecule has 8 nitrogen and oxygen atoms in total. The van der Waals surface area contributed by atoms with E-state index in [1.165, 1.54) is 120 Å². The molecule has 6 aromatic heterocycles. The molecule has 0 atom stereocenters. The van der Waals surface area contributed by atoms with Crippen molar-refractivity contribution in [3.8, 4) is 34.1 Å². The predicted molar refractivity (Wildman–Crippen MR) is 458 cm³/mol. The van der Waals surface area contributed by atoms with Crippen molar-refractivity contribution in [3.05, 3.63) is 412 Å². The summed E-state index contributed by atoms with van der Waals surface area (Å²) < 4.78 is 14.2. The van der Waals surface area contributed by atoms with Crippen LogP contribution >= 0.6 is 0 Å². The third-order valence-corrected chi connectivity index (χ3v) is 21.9. The van der Waals surface area contributed by atoms with E-state index in [2.05, 4.69) is 451 Å². The summed E-state index contributed by atoms with van der Waals surface area (Å²) >= 11 is 0. The molecule has 0 N–H and O–H groups in total. The van der Waals surface area contributed by atoms with E-state index in [0.717, 1.165) is 62.6 Å². The van der Waals surface area contributed by atoms with Crippen molar-refractivity contribution in [2.45, 2.75) is 6.92 Å². The molecule has 0 amide bonds. The average molecular weight is 1400 g/mol. The first-order valence-electron chi connectivity index (χ1n) is 37.3. The highest BCUT2D eigenvalue weighted by Crippen LogP contribution is 2.45. The van der Waals surface area contributed by atoms with Crippen LogP contribution in [0.25, 0.3) is 143 Å². The summed E-state index contributed by atoms with van der Waals surface area (Å²) in [6.45, 7) is 2.14. The smallest absolute Gasteiger partial charge is 0.0548 e. The maximum absolute atomic E-state index is 2.42. The highest BCUT2D eigenvalue weighted by molar-refractivity contribution is 6.16. The van der Waals surface area contributed by atoms with Crippen molar-refractivity contribution in [3.63, 3.8) is 0 Å².